The maximum Gasteiger partial charge on any atom is 0.291 e. The minimum Gasteiger partial charge on any atom is -0.450 e. The Balaban J connectivity index is 1.78. The Morgan fingerprint density at radius 3 is 2.50 bits per heavy atom. The van der Waals surface area contributed by atoms with Gasteiger partial charge in [0.1, 0.15) is 5.58 Å². The second kappa shape index (κ2) is 5.69. The maximum atomic E-state index is 12.6. The number of benzene rings is 3. The molecule has 0 saturated carbocycles. The van der Waals surface area contributed by atoms with Crippen LogP contribution in [0.2, 0.25) is 5.02 Å². The fraction of sp³-hybridized carbons (Fsp3) is 0.0500. The van der Waals surface area contributed by atoms with Crippen LogP contribution in [0.5, 0.6) is 0 Å². The molecule has 0 saturated heterocycles. The van der Waals surface area contributed by atoms with Crippen LogP contribution < -0.4 is 5.32 Å². The van der Waals surface area contributed by atoms with Gasteiger partial charge in [0.2, 0.25) is 0 Å². The number of hydrogen-bond donors (Lipinski definition) is 1. The van der Waals surface area contributed by atoms with Crippen molar-refractivity contribution in [3.8, 4) is 0 Å². The predicted molar refractivity (Wildman–Crippen MR) is 97.9 cm³/mol. The van der Waals surface area contributed by atoms with Gasteiger partial charge in [-0.05, 0) is 36.6 Å². The minimum absolute atomic E-state index is 0.268. The van der Waals surface area contributed by atoms with Crippen molar-refractivity contribution in [2.75, 3.05) is 5.32 Å². The first-order chi connectivity index (χ1) is 11.6. The van der Waals surface area contributed by atoms with Crippen molar-refractivity contribution < 1.29 is 9.21 Å². The second-order valence-corrected chi connectivity index (χ2v) is 6.12. The van der Waals surface area contributed by atoms with Gasteiger partial charge in [0.25, 0.3) is 5.91 Å². The molecule has 4 aromatic rings. The van der Waals surface area contributed by atoms with E-state index in [9.17, 15) is 4.79 Å². The lowest BCUT2D eigenvalue weighted by molar-refractivity contribution is 0.0998. The number of fused-ring (bicyclic) bond motifs is 3. The average molecular weight is 336 g/mol. The summed E-state index contributed by atoms with van der Waals surface area (Å²) in [6.45, 7) is 1.90. The Morgan fingerprint density at radius 2 is 1.71 bits per heavy atom. The van der Waals surface area contributed by atoms with E-state index < -0.39 is 0 Å². The lowest BCUT2D eigenvalue weighted by Gasteiger charge is -2.03. The van der Waals surface area contributed by atoms with Crippen LogP contribution in [0.15, 0.2) is 65.1 Å². The van der Waals surface area contributed by atoms with E-state index >= 15 is 0 Å². The second-order valence-electron chi connectivity index (χ2n) is 5.68. The van der Waals surface area contributed by atoms with Crippen molar-refractivity contribution >= 4 is 44.9 Å². The molecular formula is C20H14ClNO2. The molecule has 1 N–H and O–H groups in total. The van der Waals surface area contributed by atoms with Gasteiger partial charge >= 0.3 is 0 Å². The van der Waals surface area contributed by atoms with E-state index in [1.807, 2.05) is 43.3 Å². The molecule has 4 heteroatoms. The number of carbonyl (C=O) groups is 1. The van der Waals surface area contributed by atoms with Crippen LogP contribution in [0.3, 0.4) is 0 Å². The molecule has 3 aromatic carbocycles. The predicted octanol–water partition coefficient (Wildman–Crippen LogP) is 5.80. The van der Waals surface area contributed by atoms with Crippen molar-refractivity contribution in [2.45, 2.75) is 6.92 Å². The molecule has 0 aliphatic rings. The molecule has 0 fully saturated rings. The number of rotatable bonds is 2. The molecule has 0 radical (unpaired) electrons. The molecule has 1 heterocycles. The number of halogens is 1. The number of nitrogens with one attached hydrogen (secondary N) is 1. The van der Waals surface area contributed by atoms with Gasteiger partial charge in [-0.3, -0.25) is 4.79 Å². The van der Waals surface area contributed by atoms with Gasteiger partial charge in [0, 0.05) is 27.0 Å². The van der Waals surface area contributed by atoms with Gasteiger partial charge in [0.05, 0.1) is 0 Å². The zero-order valence-electron chi connectivity index (χ0n) is 13.0. The van der Waals surface area contributed by atoms with E-state index in [0.29, 0.717) is 16.5 Å². The highest BCUT2D eigenvalue weighted by atomic mass is 35.5. The zero-order chi connectivity index (χ0) is 16.7. The number of anilines is 1. The fourth-order valence-corrected chi connectivity index (χ4v) is 3.01. The van der Waals surface area contributed by atoms with Crippen LogP contribution in [0, 0.1) is 6.92 Å². The number of hydrogen-bond acceptors (Lipinski definition) is 2. The molecule has 0 spiro atoms. The summed E-state index contributed by atoms with van der Waals surface area (Å²) >= 11 is 5.87. The summed E-state index contributed by atoms with van der Waals surface area (Å²) in [5.41, 5.74) is 2.25. The topological polar surface area (TPSA) is 42.2 Å². The monoisotopic (exact) mass is 335 g/mol. The van der Waals surface area contributed by atoms with Gasteiger partial charge in [-0.2, -0.15) is 0 Å². The van der Waals surface area contributed by atoms with Crippen LogP contribution in [0.25, 0.3) is 21.7 Å². The third-order valence-electron chi connectivity index (χ3n) is 4.14. The van der Waals surface area contributed by atoms with Crippen molar-refractivity contribution in [2.24, 2.45) is 0 Å². The van der Waals surface area contributed by atoms with Crippen molar-refractivity contribution in [1.29, 1.82) is 0 Å². The first-order valence-corrected chi connectivity index (χ1v) is 7.99. The summed E-state index contributed by atoms with van der Waals surface area (Å²) in [4.78, 5) is 12.6. The SMILES string of the molecule is Cc1c(C(=O)Nc2ccc(Cl)cc2)oc2c1ccc1ccccc12. The Labute approximate surface area is 143 Å². The lowest BCUT2D eigenvalue weighted by Crippen LogP contribution is -2.11. The first kappa shape index (κ1) is 14.8. The fourth-order valence-electron chi connectivity index (χ4n) is 2.89. The molecule has 1 aromatic heterocycles. The maximum absolute atomic E-state index is 12.6. The van der Waals surface area contributed by atoms with Gasteiger partial charge in [0.15, 0.2) is 5.76 Å². The normalized spacial score (nSPS) is 11.1. The third-order valence-corrected chi connectivity index (χ3v) is 4.39. The molecule has 3 nitrogen and oxygen atoms in total. The molecule has 0 aliphatic carbocycles. The molecule has 24 heavy (non-hydrogen) atoms. The van der Waals surface area contributed by atoms with Crippen LogP contribution in [-0.4, -0.2) is 5.91 Å². The summed E-state index contributed by atoms with van der Waals surface area (Å²) in [6, 6.07) is 19.0. The summed E-state index contributed by atoms with van der Waals surface area (Å²) in [7, 11) is 0. The summed E-state index contributed by atoms with van der Waals surface area (Å²) in [5, 5.41) is 6.51. The highest BCUT2D eigenvalue weighted by molar-refractivity contribution is 6.30. The number of furan rings is 1. The Hall–Kier alpha value is -2.78. The first-order valence-electron chi connectivity index (χ1n) is 7.61. The van der Waals surface area contributed by atoms with Crippen molar-refractivity contribution in [3.63, 3.8) is 0 Å². The third kappa shape index (κ3) is 2.43. The van der Waals surface area contributed by atoms with Gasteiger partial charge in [-0.1, -0.05) is 48.0 Å². The highest BCUT2D eigenvalue weighted by Crippen LogP contribution is 2.32. The van der Waals surface area contributed by atoms with Crippen LogP contribution in [0.4, 0.5) is 5.69 Å². The van der Waals surface area contributed by atoms with Crippen LogP contribution >= 0.6 is 11.6 Å². The van der Waals surface area contributed by atoms with Crippen molar-refractivity contribution in [1.82, 2.24) is 0 Å². The molecule has 0 bridgehead atoms. The van der Waals surface area contributed by atoms with Crippen molar-refractivity contribution in [3.05, 3.63) is 77.0 Å². The van der Waals surface area contributed by atoms with Gasteiger partial charge in [-0.15, -0.1) is 0 Å². The van der Waals surface area contributed by atoms with Crippen LogP contribution in [-0.2, 0) is 0 Å². The van der Waals surface area contributed by atoms with Gasteiger partial charge < -0.3 is 9.73 Å². The smallest absolute Gasteiger partial charge is 0.291 e. The zero-order valence-corrected chi connectivity index (χ0v) is 13.7. The van der Waals surface area contributed by atoms with E-state index in [0.717, 1.165) is 27.3 Å². The molecule has 0 atom stereocenters. The Morgan fingerprint density at radius 1 is 0.958 bits per heavy atom. The van der Waals surface area contributed by atoms with E-state index in [1.54, 1.807) is 24.3 Å². The summed E-state index contributed by atoms with van der Waals surface area (Å²) < 4.78 is 5.93. The minimum atomic E-state index is -0.268. The standard InChI is InChI=1S/C20H14ClNO2/c1-12-16-11-6-13-4-2-3-5-17(13)19(16)24-18(12)20(23)22-15-9-7-14(21)8-10-15/h2-11H,1H3,(H,22,23). The lowest BCUT2D eigenvalue weighted by atomic mass is 10.1. The Bertz CT molecular complexity index is 1060. The summed E-state index contributed by atoms with van der Waals surface area (Å²) in [5.74, 6) is 0.0615. The summed E-state index contributed by atoms with van der Waals surface area (Å²) in [6.07, 6.45) is 0. The molecule has 4 rings (SSSR count). The largest absolute Gasteiger partial charge is 0.450 e. The Kier molecular flexibility index (Phi) is 3.51. The number of amides is 1. The molecular weight excluding hydrogens is 322 g/mol. The molecule has 118 valence electrons. The number of aryl methyl sites for hydroxylation is 1. The average Bonchev–Trinajstić information content (AvgIpc) is 2.94. The highest BCUT2D eigenvalue weighted by Gasteiger charge is 2.19. The quantitative estimate of drug-likeness (QED) is 0.503. The van der Waals surface area contributed by atoms with E-state index in [1.165, 1.54) is 0 Å². The molecule has 0 unspecified atom stereocenters. The van der Waals surface area contributed by atoms with E-state index in [2.05, 4.69) is 5.32 Å². The van der Waals surface area contributed by atoms with E-state index in [4.69, 9.17) is 16.0 Å². The number of carbonyl (C=O) groups excluding carboxylic acids is 1. The molecule has 1 amide bonds. The molecule has 0 aliphatic heterocycles. The van der Waals surface area contributed by atoms with E-state index in [-0.39, 0.29) is 5.91 Å². The van der Waals surface area contributed by atoms with Gasteiger partial charge in [-0.25, -0.2) is 0 Å². The van der Waals surface area contributed by atoms with Crippen LogP contribution in [0.1, 0.15) is 16.1 Å².